The Morgan fingerprint density at radius 2 is 1.86 bits per heavy atom. The van der Waals surface area contributed by atoms with Crippen molar-refractivity contribution in [1.82, 2.24) is 9.80 Å². The summed E-state index contributed by atoms with van der Waals surface area (Å²) in [5, 5.41) is 0. The van der Waals surface area contributed by atoms with Crippen molar-refractivity contribution in [2.75, 3.05) is 26.7 Å². The lowest BCUT2D eigenvalue weighted by Crippen LogP contribution is -2.40. The fourth-order valence-corrected chi connectivity index (χ4v) is 3.44. The number of hydrogen-bond acceptors (Lipinski definition) is 2. The van der Waals surface area contributed by atoms with Gasteiger partial charge in [-0.2, -0.15) is 0 Å². The van der Waals surface area contributed by atoms with E-state index in [4.69, 9.17) is 0 Å². The molecule has 118 valence electrons. The molecule has 1 aliphatic carbocycles. The molecule has 2 amide bonds. The van der Waals surface area contributed by atoms with Crippen molar-refractivity contribution >= 4 is 27.7 Å². The van der Waals surface area contributed by atoms with Crippen molar-refractivity contribution in [3.05, 3.63) is 34.3 Å². The zero-order valence-corrected chi connectivity index (χ0v) is 14.4. The summed E-state index contributed by atoms with van der Waals surface area (Å²) < 4.78 is 1.05. The van der Waals surface area contributed by atoms with Gasteiger partial charge in [0.05, 0.1) is 6.54 Å². The second-order valence-electron chi connectivity index (χ2n) is 6.28. The number of rotatable bonds is 4. The molecule has 0 radical (unpaired) electrons. The van der Waals surface area contributed by atoms with Crippen molar-refractivity contribution in [1.29, 1.82) is 0 Å². The maximum atomic E-state index is 12.5. The van der Waals surface area contributed by atoms with E-state index < -0.39 is 0 Å². The number of benzene rings is 1. The minimum atomic E-state index is 0.0394. The monoisotopic (exact) mass is 364 g/mol. The van der Waals surface area contributed by atoms with Crippen molar-refractivity contribution in [3.63, 3.8) is 0 Å². The minimum Gasteiger partial charge on any atom is -0.341 e. The first-order chi connectivity index (χ1) is 10.6. The van der Waals surface area contributed by atoms with Crippen molar-refractivity contribution < 1.29 is 9.59 Å². The summed E-state index contributed by atoms with van der Waals surface area (Å²) in [5.41, 5.74) is 1.21. The standard InChI is InChI=1S/C17H21BrN2O2/c1-19(11-16(21)20-8-2-3-9-20)17(22)15-10-14(15)12-4-6-13(18)7-5-12/h4-7,14-15H,2-3,8-11H2,1H3. The fourth-order valence-electron chi connectivity index (χ4n) is 3.18. The summed E-state index contributed by atoms with van der Waals surface area (Å²) in [5.74, 6) is 0.525. The first-order valence-corrected chi connectivity index (χ1v) is 8.64. The van der Waals surface area contributed by atoms with E-state index >= 15 is 0 Å². The predicted octanol–water partition coefficient (Wildman–Crippen LogP) is 2.63. The Hall–Kier alpha value is -1.36. The SMILES string of the molecule is CN(CC(=O)N1CCCC1)C(=O)C1CC1c1ccc(Br)cc1. The van der Waals surface area contributed by atoms with Crippen LogP contribution in [-0.2, 0) is 9.59 Å². The third kappa shape index (κ3) is 3.35. The Morgan fingerprint density at radius 3 is 2.50 bits per heavy atom. The topological polar surface area (TPSA) is 40.6 Å². The number of likely N-dealkylation sites (tertiary alicyclic amines) is 1. The first-order valence-electron chi connectivity index (χ1n) is 7.84. The van der Waals surface area contributed by atoms with Crippen LogP contribution in [0.4, 0.5) is 0 Å². The van der Waals surface area contributed by atoms with Gasteiger partial charge in [-0.25, -0.2) is 0 Å². The summed E-state index contributed by atoms with van der Waals surface area (Å²) in [6, 6.07) is 8.15. The molecule has 1 aromatic carbocycles. The van der Waals surface area contributed by atoms with Gasteiger partial charge >= 0.3 is 0 Å². The summed E-state index contributed by atoms with van der Waals surface area (Å²) in [7, 11) is 1.74. The van der Waals surface area contributed by atoms with E-state index in [2.05, 4.69) is 28.1 Å². The second kappa shape index (κ2) is 6.41. The number of halogens is 1. The number of amides is 2. The Labute approximate surface area is 139 Å². The lowest BCUT2D eigenvalue weighted by atomic mass is 10.1. The van der Waals surface area contributed by atoms with Crippen LogP contribution in [0.3, 0.4) is 0 Å². The van der Waals surface area contributed by atoms with Gasteiger partial charge in [0.1, 0.15) is 0 Å². The van der Waals surface area contributed by atoms with Crippen molar-refractivity contribution in [2.45, 2.75) is 25.2 Å². The summed E-state index contributed by atoms with van der Waals surface area (Å²) >= 11 is 3.42. The first kappa shape index (κ1) is 15.5. The third-order valence-electron chi connectivity index (χ3n) is 4.61. The Kier molecular flexibility index (Phi) is 4.52. The Bertz CT molecular complexity index is 567. The molecule has 2 aliphatic rings. The van der Waals surface area contributed by atoms with Gasteiger partial charge < -0.3 is 9.80 Å². The summed E-state index contributed by atoms with van der Waals surface area (Å²) in [6.45, 7) is 1.89. The van der Waals surface area contributed by atoms with Gasteiger partial charge in [-0.05, 0) is 42.9 Å². The highest BCUT2D eigenvalue weighted by Gasteiger charge is 2.45. The van der Waals surface area contributed by atoms with Crippen LogP contribution in [0.5, 0.6) is 0 Å². The van der Waals surface area contributed by atoms with E-state index in [1.54, 1.807) is 11.9 Å². The molecule has 22 heavy (non-hydrogen) atoms. The molecule has 1 saturated carbocycles. The fraction of sp³-hybridized carbons (Fsp3) is 0.529. The van der Waals surface area contributed by atoms with E-state index in [0.717, 1.165) is 36.8 Å². The molecule has 4 nitrogen and oxygen atoms in total. The normalized spacial score (nSPS) is 23.5. The third-order valence-corrected chi connectivity index (χ3v) is 5.14. The molecule has 3 rings (SSSR count). The molecule has 1 aliphatic heterocycles. The molecule has 2 fully saturated rings. The van der Waals surface area contributed by atoms with Crippen molar-refractivity contribution in [3.8, 4) is 0 Å². The quantitative estimate of drug-likeness (QED) is 0.823. The number of carbonyl (C=O) groups is 2. The molecular weight excluding hydrogens is 344 g/mol. The molecule has 5 heteroatoms. The van der Waals surface area contributed by atoms with Gasteiger partial charge in [-0.1, -0.05) is 28.1 Å². The molecule has 1 heterocycles. The molecule has 0 aromatic heterocycles. The number of carbonyl (C=O) groups excluding carboxylic acids is 2. The van der Waals surface area contributed by atoms with Gasteiger partial charge in [-0.15, -0.1) is 0 Å². The zero-order chi connectivity index (χ0) is 15.7. The van der Waals surface area contributed by atoms with Crippen LogP contribution in [0.2, 0.25) is 0 Å². The lowest BCUT2D eigenvalue weighted by molar-refractivity contribution is -0.139. The Balaban J connectivity index is 1.53. The summed E-state index contributed by atoms with van der Waals surface area (Å²) in [6.07, 6.45) is 3.05. The highest BCUT2D eigenvalue weighted by atomic mass is 79.9. The van der Waals surface area contributed by atoms with Gasteiger partial charge in [0.25, 0.3) is 0 Å². The average Bonchev–Trinajstić information content (AvgIpc) is 3.10. The molecule has 0 N–H and O–H groups in total. The van der Waals surface area contributed by atoms with Crippen LogP contribution in [0.15, 0.2) is 28.7 Å². The number of nitrogens with zero attached hydrogens (tertiary/aromatic N) is 2. The van der Waals surface area contributed by atoms with E-state index in [0.29, 0.717) is 5.92 Å². The molecule has 0 spiro atoms. The predicted molar refractivity (Wildman–Crippen MR) is 88.4 cm³/mol. The number of hydrogen-bond donors (Lipinski definition) is 0. The maximum absolute atomic E-state index is 12.5. The van der Waals surface area contributed by atoms with Crippen LogP contribution in [-0.4, -0.2) is 48.3 Å². The largest absolute Gasteiger partial charge is 0.341 e. The van der Waals surface area contributed by atoms with E-state index in [1.807, 2.05) is 17.0 Å². The van der Waals surface area contributed by atoms with E-state index in [1.165, 1.54) is 5.56 Å². The van der Waals surface area contributed by atoms with Gasteiger partial charge in [-0.3, -0.25) is 9.59 Å². The van der Waals surface area contributed by atoms with Crippen LogP contribution >= 0.6 is 15.9 Å². The Morgan fingerprint density at radius 1 is 1.23 bits per heavy atom. The highest BCUT2D eigenvalue weighted by Crippen LogP contribution is 2.48. The average molecular weight is 365 g/mol. The van der Waals surface area contributed by atoms with Crippen LogP contribution in [0.25, 0.3) is 0 Å². The lowest BCUT2D eigenvalue weighted by Gasteiger charge is -2.21. The highest BCUT2D eigenvalue weighted by molar-refractivity contribution is 9.10. The van der Waals surface area contributed by atoms with Gasteiger partial charge in [0.2, 0.25) is 11.8 Å². The minimum absolute atomic E-state index is 0.0394. The van der Waals surface area contributed by atoms with Crippen molar-refractivity contribution in [2.24, 2.45) is 5.92 Å². The smallest absolute Gasteiger partial charge is 0.242 e. The maximum Gasteiger partial charge on any atom is 0.242 e. The van der Waals surface area contributed by atoms with Crippen LogP contribution in [0, 0.1) is 5.92 Å². The molecular formula is C17H21BrN2O2. The van der Waals surface area contributed by atoms with Gasteiger partial charge in [0.15, 0.2) is 0 Å². The second-order valence-corrected chi connectivity index (χ2v) is 7.20. The number of likely N-dealkylation sites (N-methyl/N-ethyl adjacent to an activating group) is 1. The van der Waals surface area contributed by atoms with E-state index in [-0.39, 0.29) is 24.3 Å². The van der Waals surface area contributed by atoms with Crippen LogP contribution < -0.4 is 0 Å². The molecule has 1 saturated heterocycles. The zero-order valence-electron chi connectivity index (χ0n) is 12.8. The summed E-state index contributed by atoms with van der Waals surface area (Å²) in [4.78, 5) is 28.0. The molecule has 2 atom stereocenters. The molecule has 1 aromatic rings. The van der Waals surface area contributed by atoms with Crippen LogP contribution in [0.1, 0.15) is 30.7 Å². The van der Waals surface area contributed by atoms with Gasteiger partial charge in [0, 0.05) is 30.5 Å². The molecule has 2 unspecified atom stereocenters. The van der Waals surface area contributed by atoms with E-state index in [9.17, 15) is 9.59 Å². The molecule has 0 bridgehead atoms.